The highest BCUT2D eigenvalue weighted by atomic mass is 16.5. The van der Waals surface area contributed by atoms with Gasteiger partial charge in [-0.25, -0.2) is 4.98 Å². The summed E-state index contributed by atoms with van der Waals surface area (Å²) in [4.78, 5) is 11.4. The van der Waals surface area contributed by atoms with E-state index in [0.29, 0.717) is 0 Å². The number of benzene rings is 1. The molecule has 140 valence electrons. The van der Waals surface area contributed by atoms with E-state index in [1.807, 2.05) is 43.5 Å². The normalized spacial score (nSPS) is 14.3. The van der Waals surface area contributed by atoms with E-state index in [0.717, 1.165) is 61.1 Å². The van der Waals surface area contributed by atoms with Crippen LogP contribution in [-0.2, 0) is 11.3 Å². The zero-order valence-corrected chi connectivity index (χ0v) is 16.1. The molecule has 4 heteroatoms. The number of aryl methyl sites for hydroxylation is 1. The van der Waals surface area contributed by atoms with Crippen molar-refractivity contribution >= 4 is 0 Å². The van der Waals surface area contributed by atoms with Crippen LogP contribution in [0.25, 0.3) is 11.3 Å². The molecule has 4 rings (SSSR count). The minimum Gasteiger partial charge on any atom is -0.379 e. The largest absolute Gasteiger partial charge is 0.379 e. The summed E-state index contributed by atoms with van der Waals surface area (Å²) in [6.45, 7) is 6.59. The lowest BCUT2D eigenvalue weighted by molar-refractivity contribution is 0.0342. The fraction of sp³-hybridized carbons (Fsp3) is 0.250. The summed E-state index contributed by atoms with van der Waals surface area (Å²) in [7, 11) is 0. The van der Waals surface area contributed by atoms with Gasteiger partial charge in [0.1, 0.15) is 5.69 Å². The molecule has 3 heterocycles. The monoisotopic (exact) mass is 369 g/mol. The van der Waals surface area contributed by atoms with Gasteiger partial charge in [0, 0.05) is 42.7 Å². The maximum Gasteiger partial charge on any atom is 0.113 e. The molecule has 0 unspecified atom stereocenters. The Morgan fingerprint density at radius 2 is 1.82 bits per heavy atom. The predicted molar refractivity (Wildman–Crippen MR) is 111 cm³/mol. The van der Waals surface area contributed by atoms with Crippen molar-refractivity contribution in [1.29, 1.82) is 0 Å². The molecule has 1 aromatic carbocycles. The first-order valence-electron chi connectivity index (χ1n) is 9.57. The van der Waals surface area contributed by atoms with Crippen molar-refractivity contribution in [3.05, 3.63) is 83.3 Å². The summed E-state index contributed by atoms with van der Waals surface area (Å²) in [5, 5.41) is 0. The smallest absolute Gasteiger partial charge is 0.113 e. The molecule has 28 heavy (non-hydrogen) atoms. The Morgan fingerprint density at radius 3 is 2.61 bits per heavy atom. The number of morpholine rings is 1. The standard InChI is InChI=1S/C24H23N3O/c1-19-3-2-4-23(26-19)10-7-20-11-12-25-24(17-20)22-8-5-21(6-9-22)18-27-13-15-28-16-14-27/h2-6,8-9,11-12,17H,13-16,18H2,1H3. The number of nitrogens with zero attached hydrogens (tertiary/aromatic N) is 3. The Labute approximate surface area is 166 Å². The van der Waals surface area contributed by atoms with Crippen LogP contribution in [0.4, 0.5) is 0 Å². The van der Waals surface area contributed by atoms with Gasteiger partial charge in [-0.15, -0.1) is 0 Å². The SMILES string of the molecule is Cc1cccc(C#Cc2ccnc(-c3ccc(CN4CCOCC4)cc3)c2)n1. The molecule has 0 saturated carbocycles. The molecule has 0 radical (unpaired) electrons. The molecule has 2 aromatic heterocycles. The van der Waals surface area contributed by atoms with Crippen LogP contribution in [0.1, 0.15) is 22.5 Å². The Balaban J connectivity index is 1.48. The molecular weight excluding hydrogens is 346 g/mol. The lowest BCUT2D eigenvalue weighted by atomic mass is 10.1. The van der Waals surface area contributed by atoms with Crippen LogP contribution in [0.2, 0.25) is 0 Å². The first-order valence-corrected chi connectivity index (χ1v) is 9.57. The van der Waals surface area contributed by atoms with Gasteiger partial charge in [-0.1, -0.05) is 36.3 Å². The average molecular weight is 369 g/mol. The van der Waals surface area contributed by atoms with Gasteiger partial charge in [0.05, 0.1) is 18.9 Å². The number of aromatic nitrogens is 2. The van der Waals surface area contributed by atoms with Crippen molar-refractivity contribution in [2.24, 2.45) is 0 Å². The molecule has 0 N–H and O–H groups in total. The second-order valence-corrected chi connectivity index (χ2v) is 6.93. The fourth-order valence-corrected chi connectivity index (χ4v) is 3.21. The van der Waals surface area contributed by atoms with Crippen LogP contribution in [0.15, 0.2) is 60.8 Å². The molecule has 1 aliphatic heterocycles. The molecule has 0 atom stereocenters. The van der Waals surface area contributed by atoms with Crippen LogP contribution in [-0.4, -0.2) is 41.2 Å². The Morgan fingerprint density at radius 1 is 1.00 bits per heavy atom. The average Bonchev–Trinajstić information content (AvgIpc) is 2.74. The summed E-state index contributed by atoms with van der Waals surface area (Å²) in [5.41, 5.74) is 6.04. The van der Waals surface area contributed by atoms with E-state index >= 15 is 0 Å². The minimum atomic E-state index is 0.783. The summed E-state index contributed by atoms with van der Waals surface area (Å²) < 4.78 is 5.41. The van der Waals surface area contributed by atoms with E-state index < -0.39 is 0 Å². The lowest BCUT2D eigenvalue weighted by Crippen LogP contribution is -2.35. The summed E-state index contributed by atoms with van der Waals surface area (Å²) >= 11 is 0. The molecule has 4 nitrogen and oxygen atoms in total. The van der Waals surface area contributed by atoms with E-state index in [1.54, 1.807) is 0 Å². The molecule has 0 spiro atoms. The van der Waals surface area contributed by atoms with Crippen molar-refractivity contribution in [2.75, 3.05) is 26.3 Å². The minimum absolute atomic E-state index is 0.783. The topological polar surface area (TPSA) is 38.2 Å². The number of hydrogen-bond acceptors (Lipinski definition) is 4. The van der Waals surface area contributed by atoms with Crippen molar-refractivity contribution in [3.8, 4) is 23.1 Å². The van der Waals surface area contributed by atoms with Crippen molar-refractivity contribution < 1.29 is 4.74 Å². The quantitative estimate of drug-likeness (QED) is 0.660. The number of rotatable bonds is 3. The molecule has 3 aromatic rings. The van der Waals surface area contributed by atoms with Gasteiger partial charge in [-0.05, 0) is 42.7 Å². The third-order valence-electron chi connectivity index (χ3n) is 4.74. The van der Waals surface area contributed by atoms with Gasteiger partial charge in [0.2, 0.25) is 0 Å². The molecule has 1 fully saturated rings. The highest BCUT2D eigenvalue weighted by Crippen LogP contribution is 2.19. The third kappa shape index (κ3) is 4.83. The highest BCUT2D eigenvalue weighted by Gasteiger charge is 2.10. The summed E-state index contributed by atoms with van der Waals surface area (Å²) in [5.74, 6) is 6.32. The molecular formula is C24H23N3O. The van der Waals surface area contributed by atoms with Gasteiger partial charge in [-0.2, -0.15) is 0 Å². The molecule has 1 aliphatic rings. The Bertz CT molecular complexity index is 996. The van der Waals surface area contributed by atoms with Crippen LogP contribution < -0.4 is 0 Å². The van der Waals surface area contributed by atoms with Gasteiger partial charge < -0.3 is 4.74 Å². The molecule has 1 saturated heterocycles. The van der Waals surface area contributed by atoms with Crippen LogP contribution in [0.3, 0.4) is 0 Å². The first-order chi connectivity index (χ1) is 13.8. The highest BCUT2D eigenvalue weighted by molar-refractivity contribution is 5.61. The summed E-state index contributed by atoms with van der Waals surface area (Å²) in [6.07, 6.45) is 1.81. The Kier molecular flexibility index (Phi) is 5.77. The van der Waals surface area contributed by atoms with Gasteiger partial charge in [-0.3, -0.25) is 9.88 Å². The predicted octanol–water partition coefficient (Wildman–Crippen LogP) is 3.68. The van der Waals surface area contributed by atoms with E-state index in [-0.39, 0.29) is 0 Å². The van der Waals surface area contributed by atoms with Crippen LogP contribution >= 0.6 is 0 Å². The second kappa shape index (κ2) is 8.79. The molecule has 0 bridgehead atoms. The summed E-state index contributed by atoms with van der Waals surface area (Å²) in [6, 6.07) is 18.5. The maximum absolute atomic E-state index is 5.41. The van der Waals surface area contributed by atoms with E-state index in [1.165, 1.54) is 5.56 Å². The van der Waals surface area contributed by atoms with Gasteiger partial charge in [0.15, 0.2) is 0 Å². The first kappa shape index (κ1) is 18.4. The zero-order chi connectivity index (χ0) is 19.2. The third-order valence-corrected chi connectivity index (χ3v) is 4.74. The van der Waals surface area contributed by atoms with Gasteiger partial charge in [0.25, 0.3) is 0 Å². The number of ether oxygens (including phenoxy) is 1. The second-order valence-electron chi connectivity index (χ2n) is 6.93. The van der Waals surface area contributed by atoms with E-state index in [4.69, 9.17) is 4.74 Å². The van der Waals surface area contributed by atoms with Crippen molar-refractivity contribution in [3.63, 3.8) is 0 Å². The van der Waals surface area contributed by atoms with Crippen LogP contribution in [0, 0.1) is 18.8 Å². The van der Waals surface area contributed by atoms with E-state index in [2.05, 4.69) is 51.0 Å². The molecule has 0 aliphatic carbocycles. The van der Waals surface area contributed by atoms with Crippen LogP contribution in [0.5, 0.6) is 0 Å². The molecule has 0 amide bonds. The lowest BCUT2D eigenvalue weighted by Gasteiger charge is -2.26. The van der Waals surface area contributed by atoms with E-state index in [9.17, 15) is 0 Å². The fourth-order valence-electron chi connectivity index (χ4n) is 3.21. The zero-order valence-electron chi connectivity index (χ0n) is 16.1. The maximum atomic E-state index is 5.41. The Hall–Kier alpha value is -3.00. The van der Waals surface area contributed by atoms with Gasteiger partial charge >= 0.3 is 0 Å². The van der Waals surface area contributed by atoms with Crippen molar-refractivity contribution in [2.45, 2.75) is 13.5 Å². The number of hydrogen-bond donors (Lipinski definition) is 0. The number of pyridine rings is 2. The van der Waals surface area contributed by atoms with Crippen molar-refractivity contribution in [1.82, 2.24) is 14.9 Å².